The third-order valence-corrected chi connectivity index (χ3v) is 5.06. The van der Waals surface area contributed by atoms with E-state index in [-0.39, 0.29) is 18.0 Å². The van der Waals surface area contributed by atoms with Crippen LogP contribution >= 0.6 is 0 Å². The number of aromatic nitrogens is 2. The van der Waals surface area contributed by atoms with Crippen molar-refractivity contribution in [2.75, 3.05) is 0 Å². The van der Waals surface area contributed by atoms with E-state index in [0.29, 0.717) is 6.42 Å². The maximum absolute atomic E-state index is 12.8. The molecule has 2 unspecified atom stereocenters. The van der Waals surface area contributed by atoms with Crippen LogP contribution < -0.4 is 16.2 Å². The van der Waals surface area contributed by atoms with Crippen LogP contribution in [0.2, 0.25) is 0 Å². The van der Waals surface area contributed by atoms with Gasteiger partial charge in [-0.25, -0.2) is 10.9 Å². The van der Waals surface area contributed by atoms with Gasteiger partial charge in [-0.3, -0.25) is 9.48 Å². The van der Waals surface area contributed by atoms with Gasteiger partial charge in [0, 0.05) is 18.3 Å². The lowest BCUT2D eigenvalue weighted by molar-refractivity contribution is -0.124. The van der Waals surface area contributed by atoms with E-state index in [1.54, 1.807) is 0 Å². The van der Waals surface area contributed by atoms with Gasteiger partial charge in [0.15, 0.2) is 0 Å². The number of hydrogen-bond donors (Lipinski definition) is 3. The van der Waals surface area contributed by atoms with Crippen molar-refractivity contribution in [1.29, 1.82) is 0 Å². The second-order valence-electron chi connectivity index (χ2n) is 7.32. The molecule has 2 heterocycles. The highest BCUT2D eigenvalue weighted by molar-refractivity contribution is 5.83. The molecular formula is C19H27N5O. The number of hydrogen-bond acceptors (Lipinski definition) is 4. The van der Waals surface area contributed by atoms with E-state index in [1.807, 2.05) is 62.8 Å². The van der Waals surface area contributed by atoms with Crippen molar-refractivity contribution >= 4 is 5.91 Å². The van der Waals surface area contributed by atoms with Crippen molar-refractivity contribution in [2.24, 2.45) is 7.05 Å². The first-order valence-corrected chi connectivity index (χ1v) is 8.68. The van der Waals surface area contributed by atoms with Gasteiger partial charge in [0.05, 0.1) is 17.3 Å². The molecule has 6 heteroatoms. The van der Waals surface area contributed by atoms with Gasteiger partial charge in [-0.1, -0.05) is 30.3 Å². The molecule has 6 nitrogen and oxygen atoms in total. The summed E-state index contributed by atoms with van der Waals surface area (Å²) in [7, 11) is 1.95. The van der Waals surface area contributed by atoms with Gasteiger partial charge < -0.3 is 5.32 Å². The molecule has 0 saturated carbocycles. The Labute approximate surface area is 149 Å². The summed E-state index contributed by atoms with van der Waals surface area (Å²) in [6, 6.07) is 9.84. The Morgan fingerprint density at radius 3 is 2.52 bits per heavy atom. The Hall–Kier alpha value is -2.18. The van der Waals surface area contributed by atoms with Crippen LogP contribution in [0.25, 0.3) is 0 Å². The third kappa shape index (κ3) is 3.45. The molecule has 25 heavy (non-hydrogen) atoms. The van der Waals surface area contributed by atoms with Gasteiger partial charge in [0.1, 0.15) is 6.04 Å². The Kier molecular flexibility index (Phi) is 4.67. The van der Waals surface area contributed by atoms with Gasteiger partial charge in [0.2, 0.25) is 5.91 Å². The minimum absolute atomic E-state index is 0.00282. The summed E-state index contributed by atoms with van der Waals surface area (Å²) in [5, 5.41) is 7.63. The fraction of sp³-hybridized carbons (Fsp3) is 0.474. The van der Waals surface area contributed by atoms with E-state index >= 15 is 0 Å². The third-order valence-electron chi connectivity index (χ3n) is 5.06. The molecule has 3 N–H and O–H groups in total. The number of benzene rings is 1. The molecule has 0 aliphatic carbocycles. The summed E-state index contributed by atoms with van der Waals surface area (Å²) in [4.78, 5) is 12.8. The second-order valence-corrected chi connectivity index (χ2v) is 7.32. The van der Waals surface area contributed by atoms with Crippen molar-refractivity contribution in [3.05, 3.63) is 52.8 Å². The molecule has 0 spiro atoms. The smallest absolute Gasteiger partial charge is 0.239 e. The summed E-state index contributed by atoms with van der Waals surface area (Å²) in [6.07, 6.45) is 0.698. The number of aryl methyl sites for hydroxylation is 2. The van der Waals surface area contributed by atoms with E-state index in [4.69, 9.17) is 0 Å². The van der Waals surface area contributed by atoms with E-state index in [1.165, 1.54) is 5.56 Å². The lowest BCUT2D eigenvalue weighted by Crippen LogP contribution is -2.49. The summed E-state index contributed by atoms with van der Waals surface area (Å²) in [5.41, 5.74) is 10.4. The molecule has 2 aromatic rings. The van der Waals surface area contributed by atoms with Crippen LogP contribution in [-0.4, -0.2) is 21.7 Å². The van der Waals surface area contributed by atoms with Crippen LogP contribution in [0.5, 0.6) is 0 Å². The standard InChI is InChI=1S/C19H27N5O/c1-12-17(13(2)24(5)23-12)15-11-16(22-21-15)18(25)20-19(3,4)14-9-7-6-8-10-14/h6-10,15-16,21-22H,11H2,1-5H3,(H,20,25). The maximum Gasteiger partial charge on any atom is 0.239 e. The largest absolute Gasteiger partial charge is 0.346 e. The Morgan fingerprint density at radius 1 is 1.24 bits per heavy atom. The van der Waals surface area contributed by atoms with Crippen molar-refractivity contribution in [2.45, 2.75) is 51.7 Å². The zero-order chi connectivity index (χ0) is 18.2. The van der Waals surface area contributed by atoms with Crippen LogP contribution in [0, 0.1) is 13.8 Å². The van der Waals surface area contributed by atoms with Gasteiger partial charge in [-0.15, -0.1) is 0 Å². The monoisotopic (exact) mass is 341 g/mol. The zero-order valence-corrected chi connectivity index (χ0v) is 15.6. The molecule has 3 rings (SSSR count). The van der Waals surface area contributed by atoms with Crippen LogP contribution in [-0.2, 0) is 17.4 Å². The molecule has 1 fully saturated rings. The van der Waals surface area contributed by atoms with Gasteiger partial charge in [-0.2, -0.15) is 5.10 Å². The van der Waals surface area contributed by atoms with Crippen molar-refractivity contribution in [1.82, 2.24) is 25.9 Å². The molecule has 0 radical (unpaired) electrons. The van der Waals surface area contributed by atoms with Crippen LogP contribution in [0.3, 0.4) is 0 Å². The summed E-state index contributed by atoms with van der Waals surface area (Å²) in [6.45, 7) is 8.11. The van der Waals surface area contributed by atoms with E-state index in [9.17, 15) is 4.79 Å². The highest BCUT2D eigenvalue weighted by Crippen LogP contribution is 2.28. The normalized spacial score (nSPS) is 20.7. The van der Waals surface area contributed by atoms with Crippen molar-refractivity contribution in [3.8, 4) is 0 Å². The highest BCUT2D eigenvalue weighted by Gasteiger charge is 2.35. The number of carbonyl (C=O) groups excluding carboxylic acids is 1. The van der Waals surface area contributed by atoms with Crippen LogP contribution in [0.4, 0.5) is 0 Å². The molecule has 0 bridgehead atoms. The number of nitrogens with zero attached hydrogens (tertiary/aromatic N) is 2. The second kappa shape index (κ2) is 6.61. The number of nitrogens with one attached hydrogen (secondary N) is 3. The summed E-state index contributed by atoms with van der Waals surface area (Å²) >= 11 is 0. The molecular weight excluding hydrogens is 314 g/mol. The minimum atomic E-state index is -0.418. The molecule has 1 aromatic heterocycles. The molecule has 1 aliphatic rings. The van der Waals surface area contributed by atoms with Crippen molar-refractivity contribution < 1.29 is 4.79 Å². The number of hydrazine groups is 1. The molecule has 2 atom stereocenters. The predicted molar refractivity (Wildman–Crippen MR) is 97.7 cm³/mol. The Balaban J connectivity index is 1.69. The van der Waals surface area contributed by atoms with E-state index < -0.39 is 5.54 Å². The first kappa shape index (κ1) is 17.6. The van der Waals surface area contributed by atoms with Gasteiger partial charge in [-0.05, 0) is 39.7 Å². The number of carbonyl (C=O) groups is 1. The lowest BCUT2D eigenvalue weighted by Gasteiger charge is -2.28. The SMILES string of the molecule is Cc1nn(C)c(C)c1C1CC(C(=O)NC(C)(C)c2ccccc2)NN1. The Bertz CT molecular complexity index is 766. The molecule has 1 saturated heterocycles. The van der Waals surface area contributed by atoms with Crippen LogP contribution in [0.15, 0.2) is 30.3 Å². The van der Waals surface area contributed by atoms with Crippen LogP contribution in [0.1, 0.15) is 48.8 Å². The topological polar surface area (TPSA) is 71.0 Å². The first-order chi connectivity index (χ1) is 11.8. The predicted octanol–water partition coefficient (Wildman–Crippen LogP) is 2.00. The quantitative estimate of drug-likeness (QED) is 0.795. The Morgan fingerprint density at radius 2 is 1.92 bits per heavy atom. The molecule has 1 aromatic carbocycles. The lowest BCUT2D eigenvalue weighted by atomic mass is 9.93. The van der Waals surface area contributed by atoms with E-state index in [0.717, 1.165) is 17.0 Å². The number of amides is 1. The molecule has 134 valence electrons. The fourth-order valence-electron chi connectivity index (χ4n) is 3.53. The highest BCUT2D eigenvalue weighted by atomic mass is 16.2. The van der Waals surface area contributed by atoms with Gasteiger partial charge in [0.25, 0.3) is 0 Å². The first-order valence-electron chi connectivity index (χ1n) is 8.68. The number of rotatable bonds is 4. The summed E-state index contributed by atoms with van der Waals surface area (Å²) in [5.74, 6) is 0.00282. The fourth-order valence-corrected chi connectivity index (χ4v) is 3.53. The average molecular weight is 341 g/mol. The maximum atomic E-state index is 12.8. The summed E-state index contributed by atoms with van der Waals surface area (Å²) < 4.78 is 1.89. The minimum Gasteiger partial charge on any atom is -0.346 e. The zero-order valence-electron chi connectivity index (χ0n) is 15.6. The van der Waals surface area contributed by atoms with Gasteiger partial charge >= 0.3 is 0 Å². The average Bonchev–Trinajstić information content (AvgIpc) is 3.13. The van der Waals surface area contributed by atoms with E-state index in [2.05, 4.69) is 28.2 Å². The molecule has 1 amide bonds. The molecule has 1 aliphatic heterocycles. The van der Waals surface area contributed by atoms with Crippen molar-refractivity contribution in [3.63, 3.8) is 0 Å².